The summed E-state index contributed by atoms with van der Waals surface area (Å²) in [6, 6.07) is 3.59. The van der Waals surface area contributed by atoms with E-state index in [0.717, 1.165) is 44.0 Å². The maximum Gasteiger partial charge on any atom is 0.109 e. The lowest BCUT2D eigenvalue weighted by molar-refractivity contribution is 0.0241. The lowest BCUT2D eigenvalue weighted by atomic mass is 10.3. The molecule has 0 radical (unpaired) electrons. The standard InChI is InChI=1S/C12H13Cl2N3O/c13-9-1-2-10(14)12-11(9)15-7-17(12)8-16-3-5-18-6-4-16/h1-2,7H,3-6,8H2. The van der Waals surface area contributed by atoms with Gasteiger partial charge < -0.3 is 9.30 Å². The lowest BCUT2D eigenvalue weighted by Crippen LogP contribution is -2.37. The van der Waals surface area contributed by atoms with Gasteiger partial charge in [0.2, 0.25) is 0 Å². The number of morpholine rings is 1. The SMILES string of the molecule is Clc1ccc(Cl)c2c1ncn2CN1CCOCC1. The van der Waals surface area contributed by atoms with Crippen LogP contribution in [0, 0.1) is 0 Å². The molecule has 0 bridgehead atoms. The first-order valence-corrected chi connectivity index (χ1v) is 6.60. The highest BCUT2D eigenvalue weighted by molar-refractivity contribution is 6.39. The van der Waals surface area contributed by atoms with Crippen molar-refractivity contribution in [1.82, 2.24) is 14.5 Å². The summed E-state index contributed by atoms with van der Waals surface area (Å²) >= 11 is 12.3. The zero-order valence-corrected chi connectivity index (χ0v) is 11.3. The molecule has 1 aliphatic heterocycles. The van der Waals surface area contributed by atoms with E-state index in [1.54, 1.807) is 12.4 Å². The molecular formula is C12H13Cl2N3O. The monoisotopic (exact) mass is 285 g/mol. The van der Waals surface area contributed by atoms with Crippen LogP contribution in [0.3, 0.4) is 0 Å². The molecule has 4 nitrogen and oxygen atoms in total. The number of hydrogen-bond acceptors (Lipinski definition) is 3. The van der Waals surface area contributed by atoms with E-state index in [0.29, 0.717) is 10.0 Å². The Bertz CT molecular complexity index is 564. The second kappa shape index (κ2) is 5.05. The number of nitrogens with zero attached hydrogens (tertiary/aromatic N) is 3. The van der Waals surface area contributed by atoms with Crippen LogP contribution in [0.15, 0.2) is 18.5 Å². The Morgan fingerprint density at radius 1 is 1.17 bits per heavy atom. The van der Waals surface area contributed by atoms with Crippen LogP contribution in [0.25, 0.3) is 11.0 Å². The van der Waals surface area contributed by atoms with Crippen molar-refractivity contribution >= 4 is 34.2 Å². The van der Waals surface area contributed by atoms with E-state index in [2.05, 4.69) is 9.88 Å². The zero-order valence-electron chi connectivity index (χ0n) is 9.77. The first kappa shape index (κ1) is 12.2. The number of halogens is 2. The predicted molar refractivity (Wildman–Crippen MR) is 72.1 cm³/mol. The topological polar surface area (TPSA) is 30.3 Å². The normalized spacial score (nSPS) is 17.4. The summed E-state index contributed by atoms with van der Waals surface area (Å²) in [7, 11) is 0. The van der Waals surface area contributed by atoms with Gasteiger partial charge in [-0.2, -0.15) is 0 Å². The van der Waals surface area contributed by atoms with Crippen molar-refractivity contribution in [2.45, 2.75) is 6.67 Å². The fourth-order valence-electron chi connectivity index (χ4n) is 2.18. The predicted octanol–water partition coefficient (Wildman–Crippen LogP) is 2.63. The number of ether oxygens (including phenoxy) is 1. The molecule has 0 unspecified atom stereocenters. The Morgan fingerprint density at radius 2 is 1.89 bits per heavy atom. The van der Waals surface area contributed by atoms with Gasteiger partial charge in [-0.3, -0.25) is 4.90 Å². The van der Waals surface area contributed by atoms with Crippen LogP contribution in [0.1, 0.15) is 0 Å². The molecule has 18 heavy (non-hydrogen) atoms. The van der Waals surface area contributed by atoms with Crippen LogP contribution in [0.5, 0.6) is 0 Å². The lowest BCUT2D eigenvalue weighted by Gasteiger charge is -2.27. The molecule has 0 amide bonds. The van der Waals surface area contributed by atoms with Crippen LogP contribution in [-0.2, 0) is 11.4 Å². The Hall–Kier alpha value is -0.810. The molecule has 1 fully saturated rings. The molecule has 2 aromatic rings. The Kier molecular flexibility index (Phi) is 3.43. The number of rotatable bonds is 2. The van der Waals surface area contributed by atoms with Crippen molar-refractivity contribution in [3.63, 3.8) is 0 Å². The first-order chi connectivity index (χ1) is 8.75. The Morgan fingerprint density at radius 3 is 2.67 bits per heavy atom. The average Bonchev–Trinajstić information content (AvgIpc) is 2.80. The molecule has 0 saturated carbocycles. The summed E-state index contributed by atoms with van der Waals surface area (Å²) in [6.45, 7) is 4.18. The number of benzene rings is 1. The fraction of sp³-hybridized carbons (Fsp3) is 0.417. The highest BCUT2D eigenvalue weighted by atomic mass is 35.5. The van der Waals surface area contributed by atoms with Gasteiger partial charge in [0, 0.05) is 13.1 Å². The van der Waals surface area contributed by atoms with Gasteiger partial charge in [0.15, 0.2) is 0 Å². The highest BCUT2D eigenvalue weighted by Crippen LogP contribution is 2.28. The molecule has 2 heterocycles. The second-order valence-electron chi connectivity index (χ2n) is 4.31. The van der Waals surface area contributed by atoms with E-state index in [1.165, 1.54) is 0 Å². The Balaban J connectivity index is 1.94. The molecule has 0 atom stereocenters. The smallest absolute Gasteiger partial charge is 0.109 e. The third kappa shape index (κ3) is 2.21. The van der Waals surface area contributed by atoms with Gasteiger partial charge in [-0.05, 0) is 12.1 Å². The number of hydrogen-bond donors (Lipinski definition) is 0. The van der Waals surface area contributed by atoms with E-state index in [4.69, 9.17) is 27.9 Å². The van der Waals surface area contributed by atoms with Crippen LogP contribution in [-0.4, -0.2) is 40.8 Å². The second-order valence-corrected chi connectivity index (χ2v) is 5.13. The molecule has 1 saturated heterocycles. The van der Waals surface area contributed by atoms with E-state index < -0.39 is 0 Å². The van der Waals surface area contributed by atoms with Crippen LogP contribution < -0.4 is 0 Å². The first-order valence-electron chi connectivity index (χ1n) is 5.84. The van der Waals surface area contributed by atoms with Gasteiger partial charge in [0.1, 0.15) is 5.52 Å². The Labute approximate surface area is 115 Å². The van der Waals surface area contributed by atoms with E-state index in [1.807, 2.05) is 10.6 Å². The number of imidazole rings is 1. The maximum absolute atomic E-state index is 6.23. The van der Waals surface area contributed by atoms with Crippen molar-refractivity contribution in [2.24, 2.45) is 0 Å². The zero-order chi connectivity index (χ0) is 12.5. The van der Waals surface area contributed by atoms with Gasteiger partial charge in [0.25, 0.3) is 0 Å². The van der Waals surface area contributed by atoms with Crippen molar-refractivity contribution in [3.05, 3.63) is 28.5 Å². The van der Waals surface area contributed by atoms with Crippen LogP contribution in [0.4, 0.5) is 0 Å². The third-order valence-electron chi connectivity index (χ3n) is 3.12. The van der Waals surface area contributed by atoms with Gasteiger partial charge in [-0.25, -0.2) is 4.98 Å². The highest BCUT2D eigenvalue weighted by Gasteiger charge is 2.14. The summed E-state index contributed by atoms with van der Waals surface area (Å²) in [5, 5.41) is 1.32. The molecule has 0 aliphatic carbocycles. The van der Waals surface area contributed by atoms with Gasteiger partial charge in [-0.1, -0.05) is 23.2 Å². The minimum Gasteiger partial charge on any atom is -0.379 e. The minimum absolute atomic E-state index is 0.634. The van der Waals surface area contributed by atoms with E-state index >= 15 is 0 Å². The maximum atomic E-state index is 6.23. The molecule has 6 heteroatoms. The number of aromatic nitrogens is 2. The van der Waals surface area contributed by atoms with Gasteiger partial charge in [0.05, 0.1) is 41.8 Å². The molecule has 1 aliphatic rings. The summed E-state index contributed by atoms with van der Waals surface area (Å²) in [6.07, 6.45) is 1.79. The summed E-state index contributed by atoms with van der Waals surface area (Å²) in [5.74, 6) is 0. The number of fused-ring (bicyclic) bond motifs is 1. The van der Waals surface area contributed by atoms with E-state index in [9.17, 15) is 0 Å². The molecule has 3 rings (SSSR count). The summed E-state index contributed by atoms with van der Waals surface area (Å²) < 4.78 is 7.37. The summed E-state index contributed by atoms with van der Waals surface area (Å²) in [4.78, 5) is 6.64. The molecule has 96 valence electrons. The van der Waals surface area contributed by atoms with Gasteiger partial charge in [-0.15, -0.1) is 0 Å². The quantitative estimate of drug-likeness (QED) is 0.850. The van der Waals surface area contributed by atoms with E-state index in [-0.39, 0.29) is 0 Å². The van der Waals surface area contributed by atoms with Crippen molar-refractivity contribution in [3.8, 4) is 0 Å². The minimum atomic E-state index is 0.634. The van der Waals surface area contributed by atoms with Crippen molar-refractivity contribution in [1.29, 1.82) is 0 Å². The molecule has 1 aromatic heterocycles. The fourth-order valence-corrected chi connectivity index (χ4v) is 2.64. The average molecular weight is 286 g/mol. The van der Waals surface area contributed by atoms with Crippen LogP contribution in [0.2, 0.25) is 10.0 Å². The largest absolute Gasteiger partial charge is 0.379 e. The molecule has 0 spiro atoms. The third-order valence-corrected chi connectivity index (χ3v) is 3.73. The molecule has 0 N–H and O–H groups in total. The van der Waals surface area contributed by atoms with Crippen molar-refractivity contribution in [2.75, 3.05) is 26.3 Å². The molecular weight excluding hydrogens is 273 g/mol. The van der Waals surface area contributed by atoms with Gasteiger partial charge >= 0.3 is 0 Å². The van der Waals surface area contributed by atoms with Crippen molar-refractivity contribution < 1.29 is 4.74 Å². The van der Waals surface area contributed by atoms with Crippen LogP contribution >= 0.6 is 23.2 Å². The molecule has 1 aromatic carbocycles. The summed E-state index contributed by atoms with van der Waals surface area (Å²) in [5.41, 5.74) is 1.66.